The van der Waals surface area contributed by atoms with Crippen LogP contribution in [-0.4, -0.2) is 19.9 Å². The Bertz CT molecular complexity index is 512. The van der Waals surface area contributed by atoms with E-state index < -0.39 is 0 Å². The van der Waals surface area contributed by atoms with Crippen LogP contribution in [0.15, 0.2) is 22.7 Å². The molecule has 0 aliphatic carbocycles. The first kappa shape index (κ1) is 12.0. The highest BCUT2D eigenvalue weighted by atomic mass is 32.2. The largest absolute Gasteiger partial charge is 0.337 e. The molecule has 0 bridgehead atoms. The topological polar surface area (TPSA) is 54.5 Å². The average molecular weight is 252 g/mol. The first-order chi connectivity index (χ1) is 8.24. The Labute approximate surface area is 103 Å². The summed E-state index contributed by atoms with van der Waals surface area (Å²) in [7, 11) is 0. The van der Waals surface area contributed by atoms with Crippen LogP contribution in [0, 0.1) is 5.82 Å². The van der Waals surface area contributed by atoms with Gasteiger partial charge in [-0.15, -0.1) is 0 Å². The van der Waals surface area contributed by atoms with E-state index in [1.165, 1.54) is 18.1 Å². The molecule has 0 amide bonds. The summed E-state index contributed by atoms with van der Waals surface area (Å²) in [6.45, 7) is 3.89. The molecule has 2 aromatic heterocycles. The third kappa shape index (κ3) is 2.63. The number of hydrogen-bond acceptors (Lipinski definition) is 4. The van der Waals surface area contributed by atoms with E-state index >= 15 is 0 Å². The van der Waals surface area contributed by atoms with Crippen molar-refractivity contribution >= 4 is 11.8 Å². The van der Waals surface area contributed by atoms with Gasteiger partial charge in [-0.25, -0.2) is 19.3 Å². The highest BCUT2D eigenvalue weighted by Crippen LogP contribution is 2.26. The van der Waals surface area contributed by atoms with Crippen molar-refractivity contribution in [3.63, 3.8) is 0 Å². The first-order valence-electron chi connectivity index (χ1n) is 5.45. The molecule has 4 nitrogen and oxygen atoms in total. The predicted molar refractivity (Wildman–Crippen MR) is 63.5 cm³/mol. The van der Waals surface area contributed by atoms with E-state index in [0.29, 0.717) is 22.3 Å². The normalized spacial score (nSPS) is 10.8. The van der Waals surface area contributed by atoms with E-state index in [1.54, 1.807) is 6.20 Å². The lowest BCUT2D eigenvalue weighted by molar-refractivity contribution is 0.559. The molecule has 2 rings (SSSR count). The van der Waals surface area contributed by atoms with Gasteiger partial charge in [-0.3, -0.25) is 0 Å². The number of nitrogens with zero attached hydrogens (tertiary/aromatic N) is 3. The first-order valence-corrected chi connectivity index (χ1v) is 6.27. The number of aryl methyl sites for hydroxylation is 2. The molecule has 90 valence electrons. The van der Waals surface area contributed by atoms with Crippen molar-refractivity contribution in [2.45, 2.75) is 36.9 Å². The molecular formula is C11H13FN4S. The van der Waals surface area contributed by atoms with Crippen molar-refractivity contribution < 1.29 is 4.39 Å². The van der Waals surface area contributed by atoms with Crippen LogP contribution in [-0.2, 0) is 12.8 Å². The molecule has 0 aromatic carbocycles. The highest BCUT2D eigenvalue weighted by molar-refractivity contribution is 7.99. The lowest BCUT2D eigenvalue weighted by Gasteiger charge is -2.02. The van der Waals surface area contributed by atoms with E-state index in [4.69, 9.17) is 0 Å². The summed E-state index contributed by atoms with van der Waals surface area (Å²) in [5.41, 5.74) is 1.46. The minimum absolute atomic E-state index is 0.314. The second-order valence-corrected chi connectivity index (χ2v) is 4.44. The van der Waals surface area contributed by atoms with E-state index in [1.807, 2.05) is 13.8 Å². The Hall–Kier alpha value is -1.43. The number of imidazole rings is 1. The molecule has 0 aliphatic rings. The summed E-state index contributed by atoms with van der Waals surface area (Å²) in [4.78, 5) is 15.1. The van der Waals surface area contributed by atoms with E-state index in [0.717, 1.165) is 12.1 Å². The standard InChI is InChI=1S/C11H13FN4S/c1-3-7-5-13-11(16-7)17-10-9(12)8(4-2)14-6-15-10/h5-6H,3-4H2,1-2H3,(H,13,16). The lowest BCUT2D eigenvalue weighted by atomic mass is 10.3. The number of aromatic amines is 1. The quantitative estimate of drug-likeness (QED) is 0.850. The van der Waals surface area contributed by atoms with Gasteiger partial charge < -0.3 is 4.98 Å². The van der Waals surface area contributed by atoms with E-state index in [2.05, 4.69) is 19.9 Å². The zero-order chi connectivity index (χ0) is 12.3. The van der Waals surface area contributed by atoms with Crippen molar-refractivity contribution in [1.82, 2.24) is 19.9 Å². The van der Waals surface area contributed by atoms with Crippen LogP contribution in [0.4, 0.5) is 4.39 Å². The molecule has 17 heavy (non-hydrogen) atoms. The Balaban J connectivity index is 2.23. The molecule has 2 aromatic rings. The van der Waals surface area contributed by atoms with Gasteiger partial charge in [0.05, 0.1) is 5.69 Å². The summed E-state index contributed by atoms with van der Waals surface area (Å²) >= 11 is 1.19. The maximum atomic E-state index is 13.9. The molecule has 2 heterocycles. The number of rotatable bonds is 4. The Morgan fingerprint density at radius 1 is 1.24 bits per heavy atom. The molecule has 0 aliphatic heterocycles. The molecule has 0 saturated heterocycles. The maximum absolute atomic E-state index is 13.9. The van der Waals surface area contributed by atoms with Crippen LogP contribution in [0.2, 0.25) is 0 Å². The number of hydrogen-bond donors (Lipinski definition) is 1. The predicted octanol–water partition coefficient (Wildman–Crippen LogP) is 2.61. The van der Waals surface area contributed by atoms with Gasteiger partial charge in [-0.1, -0.05) is 13.8 Å². The van der Waals surface area contributed by atoms with Gasteiger partial charge in [0.2, 0.25) is 0 Å². The number of H-pyrrole nitrogens is 1. The second-order valence-electron chi connectivity index (χ2n) is 3.46. The SMILES string of the molecule is CCc1cnc(Sc2ncnc(CC)c2F)[nH]1. The smallest absolute Gasteiger partial charge is 0.177 e. The summed E-state index contributed by atoms with van der Waals surface area (Å²) in [6, 6.07) is 0. The van der Waals surface area contributed by atoms with Crippen molar-refractivity contribution in [2.24, 2.45) is 0 Å². The Morgan fingerprint density at radius 3 is 2.71 bits per heavy atom. The van der Waals surface area contributed by atoms with Gasteiger partial charge in [0.25, 0.3) is 0 Å². The maximum Gasteiger partial charge on any atom is 0.177 e. The fourth-order valence-corrected chi connectivity index (χ4v) is 2.14. The third-order valence-corrected chi connectivity index (χ3v) is 3.22. The highest BCUT2D eigenvalue weighted by Gasteiger charge is 2.12. The van der Waals surface area contributed by atoms with Gasteiger partial charge in [-0.2, -0.15) is 0 Å². The van der Waals surface area contributed by atoms with Crippen LogP contribution in [0.5, 0.6) is 0 Å². The third-order valence-electron chi connectivity index (χ3n) is 2.34. The van der Waals surface area contributed by atoms with Crippen molar-refractivity contribution in [1.29, 1.82) is 0 Å². The van der Waals surface area contributed by atoms with Gasteiger partial charge >= 0.3 is 0 Å². The lowest BCUT2D eigenvalue weighted by Crippen LogP contribution is -1.97. The zero-order valence-electron chi connectivity index (χ0n) is 9.70. The van der Waals surface area contributed by atoms with E-state index in [-0.39, 0.29) is 5.82 Å². The van der Waals surface area contributed by atoms with Gasteiger partial charge in [-0.05, 0) is 24.6 Å². The molecule has 0 atom stereocenters. The monoisotopic (exact) mass is 252 g/mol. The number of nitrogens with one attached hydrogen (secondary N) is 1. The molecule has 0 saturated carbocycles. The minimum Gasteiger partial charge on any atom is -0.337 e. The Morgan fingerprint density at radius 2 is 2.06 bits per heavy atom. The van der Waals surface area contributed by atoms with Crippen molar-refractivity contribution in [2.75, 3.05) is 0 Å². The van der Waals surface area contributed by atoms with Crippen molar-refractivity contribution in [3.8, 4) is 0 Å². The fourth-order valence-electron chi connectivity index (χ4n) is 1.37. The summed E-state index contributed by atoms with van der Waals surface area (Å²) in [6.07, 6.45) is 4.57. The number of halogens is 1. The zero-order valence-corrected chi connectivity index (χ0v) is 10.5. The molecule has 0 fully saturated rings. The van der Waals surface area contributed by atoms with Crippen molar-refractivity contribution in [3.05, 3.63) is 29.7 Å². The average Bonchev–Trinajstić information content (AvgIpc) is 2.79. The van der Waals surface area contributed by atoms with Gasteiger partial charge in [0.1, 0.15) is 11.4 Å². The number of aromatic nitrogens is 4. The van der Waals surface area contributed by atoms with Gasteiger partial charge in [0, 0.05) is 11.9 Å². The summed E-state index contributed by atoms with van der Waals surface area (Å²) in [5, 5.41) is 0.968. The van der Waals surface area contributed by atoms with E-state index in [9.17, 15) is 4.39 Å². The van der Waals surface area contributed by atoms with Crippen LogP contribution >= 0.6 is 11.8 Å². The van der Waals surface area contributed by atoms with Gasteiger partial charge in [0.15, 0.2) is 11.0 Å². The molecule has 0 radical (unpaired) electrons. The van der Waals surface area contributed by atoms with Crippen LogP contribution < -0.4 is 0 Å². The minimum atomic E-state index is -0.352. The second kappa shape index (κ2) is 5.27. The summed E-state index contributed by atoms with van der Waals surface area (Å²) in [5.74, 6) is -0.352. The molecular weight excluding hydrogens is 239 g/mol. The fraction of sp³-hybridized carbons (Fsp3) is 0.364. The van der Waals surface area contributed by atoms with Crippen LogP contribution in [0.25, 0.3) is 0 Å². The molecule has 0 unspecified atom stereocenters. The van der Waals surface area contributed by atoms with Crippen LogP contribution in [0.1, 0.15) is 25.2 Å². The molecule has 1 N–H and O–H groups in total. The Kier molecular flexibility index (Phi) is 3.73. The van der Waals surface area contributed by atoms with Crippen LogP contribution in [0.3, 0.4) is 0 Å². The summed E-state index contributed by atoms with van der Waals surface area (Å²) < 4.78 is 13.9. The molecule has 0 spiro atoms. The molecule has 6 heteroatoms.